The molecule has 0 aliphatic carbocycles. The molecule has 51 valence electrons. The fraction of sp³-hybridized carbons (Fsp3) is 0. The standard InChI is InChI=1S/2CH2O2.Co.H3N/c2*2-1-3;;/h2*1H,(H,2,3);;1H3/q;;+2;/p-2. The summed E-state index contributed by atoms with van der Waals surface area (Å²) >= 11 is 0. The molecule has 0 aromatic carbocycles. The molecule has 0 atom stereocenters. The van der Waals surface area contributed by atoms with Gasteiger partial charge in [0.15, 0.2) is 0 Å². The Labute approximate surface area is 56.5 Å². The molecule has 0 spiro atoms. The zero-order valence-corrected chi connectivity index (χ0v) is 4.87. The minimum Gasteiger partial charge on any atom is -0.554 e. The quantitative estimate of drug-likeness (QED) is 0.382. The Bertz CT molecular complexity index is 35.0. The number of carboxylic acid groups (broad SMARTS) is 2. The van der Waals surface area contributed by atoms with Crippen molar-refractivity contribution in [2.45, 2.75) is 0 Å². The molecular formula is C2H5CoNO4. The first kappa shape index (κ1) is 26.2. The van der Waals surface area contributed by atoms with Gasteiger partial charge >= 0.3 is 16.8 Å². The van der Waals surface area contributed by atoms with Gasteiger partial charge in [-0.05, 0) is 0 Å². The second-order valence-electron chi connectivity index (χ2n) is 0.192. The maximum atomic E-state index is 8.25. The van der Waals surface area contributed by atoms with Crippen LogP contribution in [0.3, 0.4) is 0 Å². The minimum absolute atomic E-state index is 0. The predicted molar refractivity (Wildman–Crippen MR) is 17.2 cm³/mol. The third-order valence-corrected chi connectivity index (χ3v) is 0. The third kappa shape index (κ3) is 298. The number of hydrogen-bond acceptors (Lipinski definition) is 5. The Morgan fingerprint density at radius 3 is 1.00 bits per heavy atom. The van der Waals surface area contributed by atoms with E-state index < -0.39 is 12.9 Å². The van der Waals surface area contributed by atoms with Gasteiger partial charge in [0, 0.05) is 12.9 Å². The largest absolute Gasteiger partial charge is 2.00 e. The molecule has 0 bridgehead atoms. The van der Waals surface area contributed by atoms with Crippen LogP contribution in [0.4, 0.5) is 0 Å². The molecule has 0 aliphatic heterocycles. The zero-order valence-electron chi connectivity index (χ0n) is 3.83. The maximum Gasteiger partial charge on any atom is 2.00 e. The van der Waals surface area contributed by atoms with E-state index in [1.54, 1.807) is 0 Å². The number of hydrogen-bond donors (Lipinski definition) is 1. The van der Waals surface area contributed by atoms with Gasteiger partial charge in [0.05, 0.1) is 0 Å². The van der Waals surface area contributed by atoms with E-state index in [2.05, 4.69) is 0 Å². The van der Waals surface area contributed by atoms with Crippen LogP contribution in [0.2, 0.25) is 0 Å². The molecule has 0 heterocycles. The smallest absolute Gasteiger partial charge is 0.554 e. The summed E-state index contributed by atoms with van der Waals surface area (Å²) in [5, 5.41) is 16.5. The van der Waals surface area contributed by atoms with Crippen LogP contribution < -0.4 is 16.4 Å². The molecule has 6 heteroatoms. The summed E-state index contributed by atoms with van der Waals surface area (Å²) in [6.07, 6.45) is 0. The van der Waals surface area contributed by atoms with Crippen molar-refractivity contribution in [3.63, 3.8) is 0 Å². The van der Waals surface area contributed by atoms with E-state index in [0.29, 0.717) is 0 Å². The molecule has 0 saturated heterocycles. The molecule has 0 unspecified atom stereocenters. The van der Waals surface area contributed by atoms with Crippen LogP contribution in [0.25, 0.3) is 0 Å². The Morgan fingerprint density at radius 2 is 1.00 bits per heavy atom. The average molecular weight is 166 g/mol. The van der Waals surface area contributed by atoms with Crippen molar-refractivity contribution in [1.29, 1.82) is 0 Å². The zero-order chi connectivity index (χ0) is 5.41. The Hall–Kier alpha value is -0.594. The third-order valence-electron chi connectivity index (χ3n) is 0. The molecular weight excluding hydrogens is 161 g/mol. The summed E-state index contributed by atoms with van der Waals surface area (Å²) in [6.45, 7) is -1.00. The van der Waals surface area contributed by atoms with Gasteiger partial charge in [0.1, 0.15) is 0 Å². The van der Waals surface area contributed by atoms with Crippen molar-refractivity contribution in [3.05, 3.63) is 0 Å². The molecule has 3 N–H and O–H groups in total. The van der Waals surface area contributed by atoms with Crippen molar-refractivity contribution >= 4 is 12.9 Å². The monoisotopic (exact) mass is 166 g/mol. The van der Waals surface area contributed by atoms with Crippen LogP contribution in [0.1, 0.15) is 0 Å². The number of carbonyl (C=O) groups excluding carboxylic acids is 2. The van der Waals surface area contributed by atoms with Crippen LogP contribution in [-0.4, -0.2) is 12.9 Å². The predicted octanol–water partition coefficient (Wildman–Crippen LogP) is -3.11. The first-order valence-corrected chi connectivity index (χ1v) is 0.943. The van der Waals surface area contributed by atoms with Gasteiger partial charge in [0.2, 0.25) is 0 Å². The second-order valence-corrected chi connectivity index (χ2v) is 0.192. The van der Waals surface area contributed by atoms with E-state index in [4.69, 9.17) is 19.8 Å². The van der Waals surface area contributed by atoms with Crippen molar-refractivity contribution in [1.82, 2.24) is 6.15 Å². The van der Waals surface area contributed by atoms with E-state index in [1.807, 2.05) is 0 Å². The SMILES string of the molecule is N.O=C[O-].O=C[O-].[Co+2]. The first-order valence-electron chi connectivity index (χ1n) is 0.943. The molecule has 0 rings (SSSR count). The van der Waals surface area contributed by atoms with Crippen molar-refractivity contribution in [3.8, 4) is 0 Å². The summed E-state index contributed by atoms with van der Waals surface area (Å²) < 4.78 is 0. The average Bonchev–Trinajstić information content (AvgIpc) is 1.39. The molecule has 5 nitrogen and oxygen atoms in total. The Morgan fingerprint density at radius 1 is 1.00 bits per heavy atom. The Balaban J connectivity index is -0.0000000160. The van der Waals surface area contributed by atoms with Gasteiger partial charge < -0.3 is 26.0 Å². The van der Waals surface area contributed by atoms with Crippen molar-refractivity contribution < 1.29 is 36.6 Å². The van der Waals surface area contributed by atoms with Gasteiger partial charge in [-0.15, -0.1) is 0 Å². The fourth-order valence-corrected chi connectivity index (χ4v) is 0. The maximum absolute atomic E-state index is 8.25. The normalized spacial score (nSPS) is 3.00. The molecule has 0 amide bonds. The van der Waals surface area contributed by atoms with Crippen LogP contribution >= 0.6 is 0 Å². The minimum atomic E-state index is -0.500. The van der Waals surface area contributed by atoms with E-state index in [9.17, 15) is 0 Å². The van der Waals surface area contributed by atoms with Gasteiger partial charge in [0.25, 0.3) is 0 Å². The summed E-state index contributed by atoms with van der Waals surface area (Å²) in [6, 6.07) is 0. The van der Waals surface area contributed by atoms with Crippen LogP contribution in [-0.2, 0) is 26.4 Å². The summed E-state index contributed by atoms with van der Waals surface area (Å²) in [5.41, 5.74) is 0. The number of rotatable bonds is 0. The molecule has 1 radical (unpaired) electrons. The van der Waals surface area contributed by atoms with Crippen LogP contribution in [0, 0.1) is 0 Å². The van der Waals surface area contributed by atoms with E-state index >= 15 is 0 Å². The van der Waals surface area contributed by atoms with Gasteiger partial charge in [-0.1, -0.05) is 0 Å². The Kier molecular flexibility index (Phi) is 310. The second kappa shape index (κ2) is 94.7. The van der Waals surface area contributed by atoms with E-state index in [0.717, 1.165) is 0 Å². The fourth-order valence-electron chi connectivity index (χ4n) is 0. The molecule has 0 fully saturated rings. The molecule has 0 aliphatic rings. The first-order chi connectivity index (χ1) is 2.83. The molecule has 0 aromatic rings. The summed E-state index contributed by atoms with van der Waals surface area (Å²) in [7, 11) is 0. The van der Waals surface area contributed by atoms with Crippen molar-refractivity contribution in [2.75, 3.05) is 0 Å². The van der Waals surface area contributed by atoms with Crippen LogP contribution in [0.5, 0.6) is 0 Å². The number of carbonyl (C=O) groups is 2. The van der Waals surface area contributed by atoms with E-state index in [1.165, 1.54) is 0 Å². The van der Waals surface area contributed by atoms with E-state index in [-0.39, 0.29) is 22.9 Å². The van der Waals surface area contributed by atoms with Gasteiger partial charge in [-0.3, -0.25) is 0 Å². The van der Waals surface area contributed by atoms with Gasteiger partial charge in [-0.2, -0.15) is 0 Å². The summed E-state index contributed by atoms with van der Waals surface area (Å²) in [4.78, 5) is 16.5. The van der Waals surface area contributed by atoms with Gasteiger partial charge in [-0.25, -0.2) is 0 Å². The summed E-state index contributed by atoms with van der Waals surface area (Å²) in [5.74, 6) is 0. The molecule has 0 aromatic heterocycles. The van der Waals surface area contributed by atoms with Crippen LogP contribution in [0.15, 0.2) is 0 Å². The molecule has 0 saturated carbocycles. The molecule has 8 heavy (non-hydrogen) atoms. The van der Waals surface area contributed by atoms with Crippen molar-refractivity contribution in [2.24, 2.45) is 0 Å². The topological polar surface area (TPSA) is 115 Å².